The van der Waals surface area contributed by atoms with Crippen LogP contribution in [-0.2, 0) is 14.4 Å². The van der Waals surface area contributed by atoms with E-state index in [1.54, 1.807) is 62.9 Å². The molecule has 7 atom stereocenters. The molecule has 8 nitrogen and oxygen atoms in total. The first-order valence-electron chi connectivity index (χ1n) is 15.2. The zero-order chi connectivity index (χ0) is 32.5. The molecule has 3 heterocycles. The van der Waals surface area contributed by atoms with E-state index in [1.165, 1.54) is 0 Å². The fourth-order valence-electron chi connectivity index (χ4n) is 7.18. The number of amides is 3. The van der Waals surface area contributed by atoms with Gasteiger partial charge in [0, 0.05) is 39.6 Å². The molecule has 1 spiro atoms. The van der Waals surface area contributed by atoms with Gasteiger partial charge in [-0.3, -0.25) is 14.4 Å². The Bertz CT molecular complexity index is 1440. The minimum atomic E-state index is -0.895. The molecular formula is C34H39BrClN3O5S. The van der Waals surface area contributed by atoms with Crippen molar-refractivity contribution in [3.63, 3.8) is 0 Å². The van der Waals surface area contributed by atoms with Crippen LogP contribution >= 0.6 is 39.3 Å². The van der Waals surface area contributed by atoms with Crippen LogP contribution in [0.3, 0.4) is 0 Å². The summed E-state index contributed by atoms with van der Waals surface area (Å²) in [5, 5.41) is 10.8. The molecule has 3 aliphatic heterocycles. The van der Waals surface area contributed by atoms with E-state index in [-0.39, 0.29) is 47.5 Å². The van der Waals surface area contributed by atoms with Crippen LogP contribution in [0.2, 0.25) is 5.02 Å². The van der Waals surface area contributed by atoms with E-state index in [4.69, 9.17) is 16.3 Å². The van der Waals surface area contributed by atoms with Crippen LogP contribution in [0.5, 0.6) is 5.75 Å². The maximum atomic E-state index is 14.8. The predicted octanol–water partition coefficient (Wildman–Crippen LogP) is 5.71. The third-order valence-corrected chi connectivity index (χ3v) is 12.5. The maximum Gasteiger partial charge on any atom is 0.251 e. The normalized spacial score (nSPS) is 27.2. The molecule has 3 saturated heterocycles. The van der Waals surface area contributed by atoms with Crippen molar-refractivity contribution in [3.05, 3.63) is 78.9 Å². The lowest BCUT2D eigenvalue weighted by atomic mass is 9.70. The molecule has 11 heteroatoms. The summed E-state index contributed by atoms with van der Waals surface area (Å²) in [6, 6.07) is 12.8. The van der Waals surface area contributed by atoms with Gasteiger partial charge < -0.3 is 24.5 Å². The van der Waals surface area contributed by atoms with E-state index in [9.17, 15) is 19.5 Å². The lowest BCUT2D eigenvalue weighted by Crippen LogP contribution is -2.58. The number of alkyl halides is 1. The molecule has 3 unspecified atom stereocenters. The van der Waals surface area contributed by atoms with Gasteiger partial charge in [0.1, 0.15) is 11.8 Å². The minimum absolute atomic E-state index is 0.0979. The summed E-state index contributed by atoms with van der Waals surface area (Å²) >= 11 is 11.6. The van der Waals surface area contributed by atoms with Crippen molar-refractivity contribution in [3.8, 4) is 5.75 Å². The zero-order valence-electron chi connectivity index (χ0n) is 25.5. The average Bonchev–Trinajstić information content (AvgIpc) is 3.63. The Hall–Kier alpha value is -2.79. The van der Waals surface area contributed by atoms with Crippen molar-refractivity contribution >= 4 is 68.4 Å². The number of hydrogen-bond donors (Lipinski definition) is 1. The molecule has 0 aliphatic carbocycles. The number of carbonyl (C=O) groups excluding carboxylic acids is 3. The van der Waals surface area contributed by atoms with Crippen molar-refractivity contribution in [2.45, 2.75) is 53.6 Å². The van der Waals surface area contributed by atoms with Gasteiger partial charge in [0.05, 0.1) is 35.8 Å². The number of benzene rings is 2. The highest BCUT2D eigenvalue weighted by atomic mass is 79.9. The van der Waals surface area contributed by atoms with E-state index in [0.717, 1.165) is 0 Å². The van der Waals surface area contributed by atoms with Crippen molar-refractivity contribution in [1.82, 2.24) is 4.90 Å². The number of aliphatic hydroxyl groups is 1. The van der Waals surface area contributed by atoms with Crippen LogP contribution in [0.1, 0.15) is 26.7 Å². The number of nitrogens with zero attached hydrogens (tertiary/aromatic N) is 3. The summed E-state index contributed by atoms with van der Waals surface area (Å²) in [5.74, 6) is -1.45. The molecule has 0 radical (unpaired) electrons. The number of fused-ring (bicyclic) bond motifs is 1. The van der Waals surface area contributed by atoms with E-state index in [0.29, 0.717) is 41.6 Å². The first-order valence-corrected chi connectivity index (χ1v) is 17.4. The van der Waals surface area contributed by atoms with Crippen molar-refractivity contribution in [2.75, 3.05) is 36.1 Å². The number of anilines is 2. The van der Waals surface area contributed by atoms with Crippen molar-refractivity contribution in [1.29, 1.82) is 0 Å². The number of ether oxygens (including phenoxy) is 1. The Morgan fingerprint density at radius 2 is 1.67 bits per heavy atom. The molecular weight excluding hydrogens is 678 g/mol. The van der Waals surface area contributed by atoms with E-state index < -0.39 is 28.7 Å². The third kappa shape index (κ3) is 5.83. The number of aliphatic hydroxyl groups excluding tert-OH is 1. The Kier molecular flexibility index (Phi) is 10.4. The molecule has 2 bridgehead atoms. The quantitative estimate of drug-likeness (QED) is 0.211. The van der Waals surface area contributed by atoms with Crippen LogP contribution < -0.4 is 14.5 Å². The highest BCUT2D eigenvalue weighted by molar-refractivity contribution is 9.09. The maximum absolute atomic E-state index is 14.8. The number of halogens is 2. The molecule has 0 saturated carbocycles. The van der Waals surface area contributed by atoms with Gasteiger partial charge in [0.2, 0.25) is 11.8 Å². The molecule has 240 valence electrons. The fraction of sp³-hybridized carbons (Fsp3) is 0.441. The van der Waals surface area contributed by atoms with Gasteiger partial charge in [0.25, 0.3) is 5.91 Å². The lowest BCUT2D eigenvalue weighted by Gasteiger charge is -2.40. The molecule has 5 rings (SSSR count). The van der Waals surface area contributed by atoms with Gasteiger partial charge in [0.15, 0.2) is 0 Å². The summed E-state index contributed by atoms with van der Waals surface area (Å²) in [7, 11) is 0. The van der Waals surface area contributed by atoms with Crippen LogP contribution in [0.4, 0.5) is 11.4 Å². The molecule has 0 aromatic heterocycles. The Morgan fingerprint density at radius 1 is 1.09 bits per heavy atom. The molecule has 3 fully saturated rings. The predicted molar refractivity (Wildman–Crippen MR) is 184 cm³/mol. The van der Waals surface area contributed by atoms with Gasteiger partial charge in [-0.25, -0.2) is 0 Å². The first kappa shape index (κ1) is 33.6. The topological polar surface area (TPSA) is 90.4 Å². The Balaban J connectivity index is 1.59. The number of carbonyl (C=O) groups is 3. The summed E-state index contributed by atoms with van der Waals surface area (Å²) in [4.78, 5) is 48.8. The van der Waals surface area contributed by atoms with Gasteiger partial charge >= 0.3 is 0 Å². The van der Waals surface area contributed by atoms with Crippen LogP contribution in [0, 0.1) is 11.8 Å². The van der Waals surface area contributed by atoms with E-state index in [2.05, 4.69) is 29.1 Å². The number of likely N-dealkylation sites (tertiary alicyclic amines) is 1. The SMILES string of the molecule is C=CCN(C(=O)C1N([C@@H](CC)CO)C(=O)[C@@H]2[C@H](C(=O)N(CC=C)c3ccc(OCC)cc3)[C@H]3SC12CC3Br)c1ccc(Cl)cc1. The summed E-state index contributed by atoms with van der Waals surface area (Å²) < 4.78 is 4.72. The summed E-state index contributed by atoms with van der Waals surface area (Å²) in [6.45, 7) is 12.3. The van der Waals surface area contributed by atoms with Crippen LogP contribution in [0.15, 0.2) is 73.8 Å². The van der Waals surface area contributed by atoms with Crippen LogP contribution in [-0.4, -0.2) is 80.9 Å². The minimum Gasteiger partial charge on any atom is -0.494 e. The Morgan fingerprint density at radius 3 is 2.20 bits per heavy atom. The monoisotopic (exact) mass is 715 g/mol. The number of hydrogen-bond acceptors (Lipinski definition) is 6. The molecule has 3 amide bonds. The summed E-state index contributed by atoms with van der Waals surface area (Å²) in [6.07, 6.45) is 4.30. The van der Waals surface area contributed by atoms with E-state index >= 15 is 0 Å². The lowest BCUT2D eigenvalue weighted by molar-refractivity contribution is -0.141. The average molecular weight is 717 g/mol. The second-order valence-corrected chi connectivity index (χ2v) is 14.7. The summed E-state index contributed by atoms with van der Waals surface area (Å²) in [5.41, 5.74) is 1.30. The van der Waals surface area contributed by atoms with Gasteiger partial charge in [-0.05, 0) is 68.3 Å². The smallest absolute Gasteiger partial charge is 0.251 e. The third-order valence-electron chi connectivity index (χ3n) is 9.07. The molecule has 2 aromatic rings. The largest absolute Gasteiger partial charge is 0.494 e. The van der Waals surface area contributed by atoms with Gasteiger partial charge in [-0.1, -0.05) is 46.6 Å². The van der Waals surface area contributed by atoms with Gasteiger partial charge in [-0.15, -0.1) is 24.9 Å². The van der Waals surface area contributed by atoms with Crippen molar-refractivity contribution < 1.29 is 24.2 Å². The molecule has 45 heavy (non-hydrogen) atoms. The van der Waals surface area contributed by atoms with E-state index in [1.807, 2.05) is 38.1 Å². The van der Waals surface area contributed by atoms with Crippen molar-refractivity contribution in [2.24, 2.45) is 11.8 Å². The number of thioether (sulfide) groups is 1. The highest BCUT2D eigenvalue weighted by Crippen LogP contribution is 2.68. The fourth-order valence-corrected chi connectivity index (χ4v) is 10.9. The number of rotatable bonds is 13. The standard InChI is InChI=1S/C34H39BrClN3O5S/c1-5-17-37(24-13-15-25(16-14-24)44-8-4)31(41)27-28-32(42)39(22(7-3)20-40)30(34(28)19-26(35)29(27)45-34)33(43)38(18-6-2)23-11-9-21(36)10-12-23/h5-6,9-16,22,26-30,40H,1-2,7-8,17-20H2,3-4H3/t22-,26?,27-,28-,29-,30?,34?/m0/s1. The second-order valence-electron chi connectivity index (χ2n) is 11.5. The Labute approximate surface area is 282 Å². The molecule has 1 N–H and O–H groups in total. The van der Waals surface area contributed by atoms with Crippen LogP contribution in [0.25, 0.3) is 0 Å². The molecule has 2 aromatic carbocycles. The zero-order valence-corrected chi connectivity index (χ0v) is 28.6. The molecule has 3 aliphatic rings. The highest BCUT2D eigenvalue weighted by Gasteiger charge is 2.76. The van der Waals surface area contributed by atoms with Gasteiger partial charge in [-0.2, -0.15) is 0 Å². The second kappa shape index (κ2) is 13.9. The first-order chi connectivity index (χ1) is 21.7.